The van der Waals surface area contributed by atoms with E-state index in [0.717, 1.165) is 16.3 Å². The molecule has 0 fully saturated rings. The number of nitrogens with one attached hydrogen (secondary N) is 3. The van der Waals surface area contributed by atoms with E-state index >= 15 is 0 Å². The molecule has 0 aliphatic heterocycles. The molecule has 0 saturated carbocycles. The number of carbonyl (C=O) groups is 1. The van der Waals surface area contributed by atoms with Gasteiger partial charge < -0.3 is 16.0 Å². The van der Waals surface area contributed by atoms with E-state index in [9.17, 15) is 4.79 Å². The van der Waals surface area contributed by atoms with Crippen LogP contribution in [0.5, 0.6) is 0 Å². The molecule has 7 heteroatoms. The Morgan fingerprint density at radius 1 is 1.17 bits per heavy atom. The van der Waals surface area contributed by atoms with Crippen molar-refractivity contribution < 1.29 is 4.79 Å². The molecule has 0 saturated heterocycles. The average Bonchev–Trinajstić information content (AvgIpc) is 3.00. The molecule has 0 aliphatic rings. The second kappa shape index (κ2) is 9.67. The van der Waals surface area contributed by atoms with Gasteiger partial charge in [0, 0.05) is 31.2 Å². The van der Waals surface area contributed by atoms with Crippen LogP contribution in [0.2, 0.25) is 0 Å². The van der Waals surface area contributed by atoms with Crippen LogP contribution in [0.4, 0.5) is 0 Å². The van der Waals surface area contributed by atoms with Crippen molar-refractivity contribution >= 4 is 23.2 Å². The van der Waals surface area contributed by atoms with Gasteiger partial charge >= 0.3 is 0 Å². The standard InChI is InChI=1S/C17H23N5OS/c1-13-12-24-16(22-13)11-21-17(18-2)20-9-8-19-15(23)10-14-6-4-3-5-7-14/h3-7,12H,8-11H2,1-2H3,(H,19,23)(H2,18,20,21). The molecule has 1 aromatic heterocycles. The van der Waals surface area contributed by atoms with Crippen LogP contribution in [0.1, 0.15) is 16.3 Å². The van der Waals surface area contributed by atoms with E-state index < -0.39 is 0 Å². The van der Waals surface area contributed by atoms with E-state index in [1.807, 2.05) is 42.6 Å². The number of amides is 1. The fourth-order valence-electron chi connectivity index (χ4n) is 2.09. The van der Waals surface area contributed by atoms with Gasteiger partial charge in [0.25, 0.3) is 0 Å². The minimum absolute atomic E-state index is 0.0178. The van der Waals surface area contributed by atoms with Crippen molar-refractivity contribution in [3.8, 4) is 0 Å². The summed E-state index contributed by atoms with van der Waals surface area (Å²) >= 11 is 1.62. The number of thiazole rings is 1. The summed E-state index contributed by atoms with van der Waals surface area (Å²) in [5.74, 6) is 0.712. The Hall–Kier alpha value is -2.41. The first-order chi connectivity index (χ1) is 11.7. The Kier molecular flexibility index (Phi) is 7.22. The Bertz CT molecular complexity index is 669. The highest BCUT2D eigenvalue weighted by Gasteiger charge is 2.03. The maximum atomic E-state index is 11.8. The maximum absolute atomic E-state index is 11.8. The molecule has 3 N–H and O–H groups in total. The second-order valence-corrected chi connectivity index (χ2v) is 6.19. The predicted molar refractivity (Wildman–Crippen MR) is 98.2 cm³/mol. The lowest BCUT2D eigenvalue weighted by Gasteiger charge is -2.11. The molecule has 24 heavy (non-hydrogen) atoms. The first kappa shape index (κ1) is 17.9. The molecule has 0 radical (unpaired) electrons. The summed E-state index contributed by atoms with van der Waals surface area (Å²) in [6, 6.07) is 9.71. The Morgan fingerprint density at radius 2 is 1.92 bits per heavy atom. The monoisotopic (exact) mass is 345 g/mol. The van der Waals surface area contributed by atoms with Gasteiger partial charge in [0.1, 0.15) is 5.01 Å². The van der Waals surface area contributed by atoms with E-state index in [4.69, 9.17) is 0 Å². The zero-order valence-electron chi connectivity index (χ0n) is 14.0. The third-order valence-corrected chi connectivity index (χ3v) is 4.21. The Labute approximate surface area is 146 Å². The highest BCUT2D eigenvalue weighted by molar-refractivity contribution is 7.09. The van der Waals surface area contributed by atoms with Crippen LogP contribution in [-0.2, 0) is 17.8 Å². The van der Waals surface area contributed by atoms with Crippen LogP contribution < -0.4 is 16.0 Å². The number of aliphatic imine (C=N–C) groups is 1. The minimum atomic E-state index is 0.0178. The van der Waals surface area contributed by atoms with E-state index in [1.54, 1.807) is 18.4 Å². The zero-order valence-corrected chi connectivity index (χ0v) is 14.8. The van der Waals surface area contributed by atoms with Crippen LogP contribution in [0, 0.1) is 6.92 Å². The first-order valence-electron chi connectivity index (χ1n) is 7.83. The van der Waals surface area contributed by atoms with Gasteiger partial charge in [-0.25, -0.2) is 4.98 Å². The lowest BCUT2D eigenvalue weighted by Crippen LogP contribution is -2.41. The summed E-state index contributed by atoms with van der Waals surface area (Å²) in [5.41, 5.74) is 2.04. The second-order valence-electron chi connectivity index (χ2n) is 5.25. The van der Waals surface area contributed by atoms with E-state index in [1.165, 1.54) is 0 Å². The summed E-state index contributed by atoms with van der Waals surface area (Å²) in [6.07, 6.45) is 0.400. The number of benzene rings is 1. The molecule has 0 aliphatic carbocycles. The minimum Gasteiger partial charge on any atom is -0.355 e. The summed E-state index contributed by atoms with van der Waals surface area (Å²) < 4.78 is 0. The number of hydrogen-bond acceptors (Lipinski definition) is 4. The van der Waals surface area contributed by atoms with Crippen LogP contribution in [-0.4, -0.2) is 37.0 Å². The van der Waals surface area contributed by atoms with Gasteiger partial charge in [0.15, 0.2) is 5.96 Å². The third-order valence-electron chi connectivity index (χ3n) is 3.24. The van der Waals surface area contributed by atoms with Gasteiger partial charge in [0.2, 0.25) is 5.91 Å². The Balaban J connectivity index is 1.62. The summed E-state index contributed by atoms with van der Waals surface area (Å²) in [5, 5.41) is 12.3. The van der Waals surface area contributed by atoms with E-state index in [0.29, 0.717) is 32.0 Å². The number of aromatic nitrogens is 1. The van der Waals surface area contributed by atoms with Crippen molar-refractivity contribution in [1.82, 2.24) is 20.9 Å². The molecule has 2 aromatic rings. The Morgan fingerprint density at radius 3 is 2.58 bits per heavy atom. The fourth-order valence-corrected chi connectivity index (χ4v) is 2.80. The molecule has 6 nitrogen and oxygen atoms in total. The molecule has 1 aromatic carbocycles. The number of nitrogens with zero attached hydrogens (tertiary/aromatic N) is 2. The molecule has 0 spiro atoms. The number of hydrogen-bond donors (Lipinski definition) is 3. The van der Waals surface area contributed by atoms with Gasteiger partial charge in [-0.2, -0.15) is 0 Å². The summed E-state index contributed by atoms with van der Waals surface area (Å²) in [7, 11) is 1.72. The van der Waals surface area contributed by atoms with Gasteiger partial charge in [0.05, 0.1) is 13.0 Å². The predicted octanol–water partition coefficient (Wildman–Crippen LogP) is 1.48. The first-order valence-corrected chi connectivity index (χ1v) is 8.71. The summed E-state index contributed by atoms with van der Waals surface area (Å²) in [6.45, 7) is 3.77. The molecular weight excluding hydrogens is 322 g/mol. The molecular formula is C17H23N5OS. The highest BCUT2D eigenvalue weighted by Crippen LogP contribution is 2.07. The van der Waals surface area contributed by atoms with Crippen molar-refractivity contribution in [3.63, 3.8) is 0 Å². The van der Waals surface area contributed by atoms with Gasteiger partial charge in [-0.05, 0) is 12.5 Å². The smallest absolute Gasteiger partial charge is 0.224 e. The van der Waals surface area contributed by atoms with E-state index in [2.05, 4.69) is 25.9 Å². The van der Waals surface area contributed by atoms with Crippen molar-refractivity contribution in [2.75, 3.05) is 20.1 Å². The van der Waals surface area contributed by atoms with Crippen LogP contribution in [0.15, 0.2) is 40.7 Å². The normalized spacial score (nSPS) is 11.2. The highest BCUT2D eigenvalue weighted by atomic mass is 32.1. The average molecular weight is 345 g/mol. The van der Waals surface area contributed by atoms with Crippen molar-refractivity contribution in [2.45, 2.75) is 19.9 Å². The van der Waals surface area contributed by atoms with Crippen LogP contribution >= 0.6 is 11.3 Å². The molecule has 1 amide bonds. The third kappa shape index (κ3) is 6.37. The van der Waals surface area contributed by atoms with Gasteiger partial charge in [-0.15, -0.1) is 11.3 Å². The molecule has 1 heterocycles. The molecule has 128 valence electrons. The zero-order chi connectivity index (χ0) is 17.2. The van der Waals surface area contributed by atoms with Gasteiger partial charge in [-0.1, -0.05) is 30.3 Å². The lowest BCUT2D eigenvalue weighted by molar-refractivity contribution is -0.120. The summed E-state index contributed by atoms with van der Waals surface area (Å²) in [4.78, 5) is 20.4. The molecule has 2 rings (SSSR count). The number of rotatable bonds is 7. The van der Waals surface area contributed by atoms with Crippen molar-refractivity contribution in [1.29, 1.82) is 0 Å². The largest absolute Gasteiger partial charge is 0.355 e. The number of carbonyl (C=O) groups excluding carboxylic acids is 1. The van der Waals surface area contributed by atoms with Crippen LogP contribution in [0.3, 0.4) is 0 Å². The van der Waals surface area contributed by atoms with Crippen molar-refractivity contribution in [2.24, 2.45) is 4.99 Å². The number of guanidine groups is 1. The topological polar surface area (TPSA) is 78.4 Å². The number of aryl methyl sites for hydroxylation is 1. The molecule has 0 atom stereocenters. The quantitative estimate of drug-likeness (QED) is 0.403. The SMILES string of the molecule is CN=C(NCCNC(=O)Cc1ccccc1)NCc1nc(C)cs1. The molecule has 0 unspecified atom stereocenters. The van der Waals surface area contributed by atoms with Crippen LogP contribution in [0.25, 0.3) is 0 Å². The van der Waals surface area contributed by atoms with Gasteiger partial charge in [-0.3, -0.25) is 9.79 Å². The lowest BCUT2D eigenvalue weighted by atomic mass is 10.1. The van der Waals surface area contributed by atoms with E-state index in [-0.39, 0.29) is 5.91 Å². The van der Waals surface area contributed by atoms with Crippen molar-refractivity contribution in [3.05, 3.63) is 52.0 Å². The molecule has 0 bridgehead atoms. The maximum Gasteiger partial charge on any atom is 0.224 e. The fraction of sp³-hybridized carbons (Fsp3) is 0.353.